The highest BCUT2D eigenvalue weighted by Crippen LogP contribution is 2.35. The molecule has 156 valence electrons. The zero-order valence-corrected chi connectivity index (χ0v) is 15.9. The van der Waals surface area contributed by atoms with Crippen LogP contribution in [-0.4, -0.2) is 39.8 Å². The van der Waals surface area contributed by atoms with Gasteiger partial charge in [0.05, 0.1) is 36.5 Å². The van der Waals surface area contributed by atoms with Gasteiger partial charge in [-0.1, -0.05) is 12.1 Å². The molecule has 0 radical (unpaired) electrons. The molecular formula is C19H21F3N4O3. The number of halogens is 3. The Balaban J connectivity index is 1.73. The fraction of sp³-hybridized carbons (Fsp3) is 0.421. The van der Waals surface area contributed by atoms with E-state index in [2.05, 4.69) is 15.5 Å². The van der Waals surface area contributed by atoms with Gasteiger partial charge >= 0.3 is 12.2 Å². The molecule has 0 bridgehead atoms. The Bertz CT molecular complexity index is 922. The van der Waals surface area contributed by atoms with Crippen molar-refractivity contribution in [1.29, 1.82) is 0 Å². The van der Waals surface area contributed by atoms with E-state index < -0.39 is 29.5 Å². The molecule has 2 N–H and O–H groups in total. The van der Waals surface area contributed by atoms with Crippen LogP contribution in [0.3, 0.4) is 0 Å². The molecule has 3 rings (SSSR count). The normalized spacial score (nSPS) is 19.1. The van der Waals surface area contributed by atoms with Gasteiger partial charge < -0.3 is 15.0 Å². The van der Waals surface area contributed by atoms with Crippen LogP contribution in [0.25, 0.3) is 0 Å². The highest BCUT2D eigenvalue weighted by Gasteiger charge is 2.37. The van der Waals surface area contributed by atoms with E-state index in [1.54, 1.807) is 19.9 Å². The van der Waals surface area contributed by atoms with E-state index in [1.807, 2.05) is 0 Å². The van der Waals surface area contributed by atoms with Gasteiger partial charge in [-0.3, -0.25) is 4.79 Å². The van der Waals surface area contributed by atoms with Crippen LogP contribution in [-0.2, 0) is 17.5 Å². The first kappa shape index (κ1) is 20.8. The van der Waals surface area contributed by atoms with Crippen LogP contribution in [0.15, 0.2) is 41.2 Å². The first-order chi connectivity index (χ1) is 13.5. The maximum atomic E-state index is 13.0. The monoisotopic (exact) mass is 410 g/mol. The molecule has 2 amide bonds. The number of ether oxygens (including phenoxy) is 1. The minimum atomic E-state index is -4.46. The zero-order chi connectivity index (χ0) is 21.2. The molecule has 0 spiro atoms. The van der Waals surface area contributed by atoms with Gasteiger partial charge in [-0.25, -0.2) is 9.89 Å². The van der Waals surface area contributed by atoms with Gasteiger partial charge in [-0.2, -0.15) is 18.3 Å². The largest absolute Gasteiger partial charge is 0.416 e. The molecule has 1 unspecified atom stereocenters. The number of benzene rings is 1. The Morgan fingerprint density at radius 3 is 2.76 bits per heavy atom. The van der Waals surface area contributed by atoms with E-state index in [9.17, 15) is 22.8 Å². The standard InChI is InChI=1S/C19H21F3N4O3/c1-18(2)11-26(17(28)23-9-14-6-7-16(27)25-24-14)10-15(29-18)12-4-3-5-13(8-12)19(20,21)22/h3-8,15H,9-11H2,1-2H3,(H,23,28)(H,25,27). The summed E-state index contributed by atoms with van der Waals surface area (Å²) in [7, 11) is 0. The van der Waals surface area contributed by atoms with Crippen molar-refractivity contribution >= 4 is 6.03 Å². The van der Waals surface area contributed by atoms with Crippen molar-refractivity contribution in [2.75, 3.05) is 13.1 Å². The van der Waals surface area contributed by atoms with Crippen molar-refractivity contribution < 1.29 is 22.7 Å². The van der Waals surface area contributed by atoms with Crippen LogP contribution in [0, 0.1) is 0 Å². The van der Waals surface area contributed by atoms with E-state index in [1.165, 1.54) is 23.1 Å². The Hall–Kier alpha value is -2.88. The number of aromatic amines is 1. The number of hydrogen-bond donors (Lipinski definition) is 2. The van der Waals surface area contributed by atoms with Crippen molar-refractivity contribution in [3.63, 3.8) is 0 Å². The summed E-state index contributed by atoms with van der Waals surface area (Å²) >= 11 is 0. The fourth-order valence-corrected chi connectivity index (χ4v) is 3.18. The van der Waals surface area contributed by atoms with Crippen molar-refractivity contribution in [3.8, 4) is 0 Å². The summed E-state index contributed by atoms with van der Waals surface area (Å²) in [4.78, 5) is 25.1. The maximum absolute atomic E-state index is 13.0. The molecule has 2 aromatic rings. The summed E-state index contributed by atoms with van der Waals surface area (Å²) in [6, 6.07) is 7.33. The lowest BCUT2D eigenvalue weighted by Crippen LogP contribution is -2.54. The van der Waals surface area contributed by atoms with Crippen molar-refractivity contribution in [2.45, 2.75) is 38.3 Å². The molecule has 0 saturated carbocycles. The summed E-state index contributed by atoms with van der Waals surface area (Å²) in [5, 5.41) is 8.80. The van der Waals surface area contributed by atoms with E-state index in [4.69, 9.17) is 4.74 Å². The van der Waals surface area contributed by atoms with Crippen LogP contribution >= 0.6 is 0 Å². The SMILES string of the molecule is CC1(C)CN(C(=O)NCc2ccc(=O)[nH]n2)CC(c2cccc(C(F)(F)F)c2)O1. The third-order valence-corrected chi connectivity index (χ3v) is 4.45. The lowest BCUT2D eigenvalue weighted by molar-refractivity contribution is -0.138. The lowest BCUT2D eigenvalue weighted by atomic mass is 10.00. The Morgan fingerprint density at radius 1 is 1.34 bits per heavy atom. The second-order valence-electron chi connectivity index (χ2n) is 7.44. The van der Waals surface area contributed by atoms with Crippen LogP contribution < -0.4 is 10.9 Å². The molecule has 7 nitrogen and oxygen atoms in total. The molecule has 1 aromatic carbocycles. The number of urea groups is 1. The Morgan fingerprint density at radius 2 is 2.10 bits per heavy atom. The molecule has 0 aliphatic carbocycles. The highest BCUT2D eigenvalue weighted by molar-refractivity contribution is 5.74. The minimum Gasteiger partial charge on any atom is -0.364 e. The molecule has 2 heterocycles. The number of alkyl halides is 3. The summed E-state index contributed by atoms with van der Waals surface area (Å²) in [6.07, 6.45) is -5.15. The molecule has 1 aromatic heterocycles. The van der Waals surface area contributed by atoms with Gasteiger partial charge in [0.1, 0.15) is 6.10 Å². The number of nitrogens with one attached hydrogen (secondary N) is 2. The van der Waals surface area contributed by atoms with E-state index in [-0.39, 0.29) is 25.2 Å². The number of morpholine rings is 1. The van der Waals surface area contributed by atoms with Crippen molar-refractivity contribution in [2.24, 2.45) is 0 Å². The number of aromatic nitrogens is 2. The molecule has 1 atom stereocenters. The number of amides is 2. The summed E-state index contributed by atoms with van der Waals surface area (Å²) < 4.78 is 45.0. The Kier molecular flexibility index (Phi) is 5.65. The smallest absolute Gasteiger partial charge is 0.364 e. The molecule has 1 fully saturated rings. The average molecular weight is 410 g/mol. The third kappa shape index (κ3) is 5.35. The average Bonchev–Trinajstić information content (AvgIpc) is 2.65. The fourth-order valence-electron chi connectivity index (χ4n) is 3.18. The molecule has 10 heteroatoms. The van der Waals surface area contributed by atoms with E-state index in [0.717, 1.165) is 12.1 Å². The number of carbonyl (C=O) groups is 1. The van der Waals surface area contributed by atoms with Gasteiger partial charge in [0, 0.05) is 6.07 Å². The lowest BCUT2D eigenvalue weighted by Gasteiger charge is -2.43. The number of H-pyrrole nitrogens is 1. The Labute approximate surface area is 164 Å². The molecule has 1 aliphatic heterocycles. The molecular weight excluding hydrogens is 389 g/mol. The van der Waals surface area contributed by atoms with Crippen LogP contribution in [0.4, 0.5) is 18.0 Å². The number of hydrogen-bond acceptors (Lipinski definition) is 4. The van der Waals surface area contributed by atoms with Crippen LogP contribution in [0.1, 0.15) is 36.8 Å². The highest BCUT2D eigenvalue weighted by atomic mass is 19.4. The second kappa shape index (κ2) is 7.86. The van der Waals surface area contributed by atoms with Gasteiger partial charge in [0.2, 0.25) is 0 Å². The quantitative estimate of drug-likeness (QED) is 0.815. The number of carbonyl (C=O) groups excluding carboxylic acids is 1. The summed E-state index contributed by atoms with van der Waals surface area (Å²) in [6.45, 7) is 4.03. The second-order valence-corrected chi connectivity index (χ2v) is 7.44. The number of nitrogens with zero attached hydrogens (tertiary/aromatic N) is 2. The van der Waals surface area contributed by atoms with Crippen molar-refractivity contribution in [1.82, 2.24) is 20.4 Å². The van der Waals surface area contributed by atoms with Gasteiger partial charge in [-0.15, -0.1) is 0 Å². The van der Waals surface area contributed by atoms with Crippen LogP contribution in [0.5, 0.6) is 0 Å². The summed E-state index contributed by atoms with van der Waals surface area (Å²) in [5.41, 5.74) is -1.03. The predicted molar refractivity (Wildman–Crippen MR) is 98.0 cm³/mol. The van der Waals surface area contributed by atoms with Gasteiger partial charge in [-0.05, 0) is 37.6 Å². The van der Waals surface area contributed by atoms with E-state index in [0.29, 0.717) is 11.3 Å². The van der Waals surface area contributed by atoms with Crippen molar-refractivity contribution in [3.05, 3.63) is 63.6 Å². The van der Waals surface area contributed by atoms with Gasteiger partial charge in [0.15, 0.2) is 0 Å². The topological polar surface area (TPSA) is 87.3 Å². The van der Waals surface area contributed by atoms with Gasteiger partial charge in [0.25, 0.3) is 5.56 Å². The zero-order valence-electron chi connectivity index (χ0n) is 15.9. The first-order valence-electron chi connectivity index (χ1n) is 8.96. The first-order valence-corrected chi connectivity index (χ1v) is 8.96. The molecule has 1 aliphatic rings. The predicted octanol–water partition coefficient (Wildman–Crippen LogP) is 2.85. The number of rotatable bonds is 3. The minimum absolute atomic E-state index is 0.0988. The molecule has 1 saturated heterocycles. The molecule has 29 heavy (non-hydrogen) atoms. The van der Waals surface area contributed by atoms with E-state index >= 15 is 0 Å². The maximum Gasteiger partial charge on any atom is 0.416 e. The third-order valence-electron chi connectivity index (χ3n) is 4.45. The van der Waals surface area contributed by atoms with Crippen LogP contribution in [0.2, 0.25) is 0 Å². The summed E-state index contributed by atoms with van der Waals surface area (Å²) in [5.74, 6) is 0.